The Morgan fingerprint density at radius 1 is 0.846 bits per heavy atom. The van der Waals surface area contributed by atoms with Gasteiger partial charge in [-0.15, -0.1) is 0 Å². The third-order valence-electron chi connectivity index (χ3n) is 4.62. The van der Waals surface area contributed by atoms with Crippen LogP contribution in [0.1, 0.15) is 5.56 Å². The van der Waals surface area contributed by atoms with Crippen molar-refractivity contribution >= 4 is 24.9 Å². The summed E-state index contributed by atoms with van der Waals surface area (Å²) in [6.45, 7) is 4.99. The highest BCUT2D eigenvalue weighted by Gasteiger charge is 2.43. The van der Waals surface area contributed by atoms with Gasteiger partial charge in [-0.25, -0.2) is 4.39 Å². The van der Waals surface area contributed by atoms with Crippen LogP contribution in [0.3, 0.4) is 0 Å². The van der Waals surface area contributed by atoms with E-state index in [9.17, 15) is 14.0 Å². The molecule has 5 nitrogen and oxygen atoms in total. The van der Waals surface area contributed by atoms with Gasteiger partial charge in [-0.3, -0.25) is 9.59 Å². The fourth-order valence-electron chi connectivity index (χ4n) is 2.88. The van der Waals surface area contributed by atoms with Crippen LogP contribution in [-0.4, -0.2) is 73.4 Å². The summed E-state index contributed by atoms with van der Waals surface area (Å²) in [6.07, 6.45) is 1.52. The van der Waals surface area contributed by atoms with Crippen molar-refractivity contribution in [2.75, 3.05) is 39.3 Å². The maximum Gasteiger partial charge on any atom is 0.227 e. The Morgan fingerprint density at radius 3 is 1.88 bits per heavy atom. The summed E-state index contributed by atoms with van der Waals surface area (Å²) in [5, 5.41) is 0. The van der Waals surface area contributed by atoms with Gasteiger partial charge in [0.1, 0.15) is 25.9 Å². The quantitative estimate of drug-likeness (QED) is 0.438. The van der Waals surface area contributed by atoms with E-state index in [1.54, 1.807) is 24.3 Å². The number of carbonyl (C=O) groups is 2. The second kappa shape index (κ2) is 6.63. The summed E-state index contributed by atoms with van der Waals surface area (Å²) in [7, 11) is 5.36. The maximum absolute atomic E-state index is 12.4. The lowest BCUT2D eigenvalue weighted by Gasteiger charge is -2.21. The van der Waals surface area contributed by atoms with Gasteiger partial charge in [0.2, 0.25) is 11.6 Å². The highest BCUT2D eigenvalue weighted by atomic mass is 19.1. The number of hydrogen-bond donors (Lipinski definition) is 0. The van der Waals surface area contributed by atoms with Crippen LogP contribution in [0.4, 0.5) is 4.39 Å². The molecule has 0 N–H and O–H groups in total. The molecule has 0 amide bonds. The van der Waals surface area contributed by atoms with E-state index in [0.29, 0.717) is 28.1 Å². The molecule has 0 saturated carbocycles. The number of rotatable bonds is 4. The summed E-state index contributed by atoms with van der Waals surface area (Å²) in [4.78, 5) is 30.5. The third kappa shape index (κ3) is 3.52. The first-order chi connectivity index (χ1) is 12.6. The molecule has 7 heteroatoms. The number of hydrogen-bond acceptors (Lipinski definition) is 5. The van der Waals surface area contributed by atoms with E-state index in [-0.39, 0.29) is 11.6 Å². The smallest absolute Gasteiger partial charge is 0.227 e. The maximum atomic E-state index is 12.4. The lowest BCUT2D eigenvalue weighted by Crippen LogP contribution is -2.29. The van der Waals surface area contributed by atoms with Crippen molar-refractivity contribution in [1.82, 2.24) is 14.7 Å². The molecule has 1 aromatic carbocycles. The molecule has 1 aliphatic carbocycles. The summed E-state index contributed by atoms with van der Waals surface area (Å²) in [6, 6.07) is 6.73. The number of alkyl halides is 1. The van der Waals surface area contributed by atoms with Gasteiger partial charge >= 0.3 is 0 Å². The standard InChI is InChI=1S/C12H13N3O2.C7H6BF/c16-9-7-8(13-1-2-13)12(17)11(15-5-6-15)10(9)14-3-4-14;8-7-3-1-6(5-9)2-4-7/h7H,1-6H2;1-4H,5H2. The highest BCUT2D eigenvalue weighted by molar-refractivity contribution is 6.32. The molecule has 5 rings (SSSR count). The van der Waals surface area contributed by atoms with Crippen molar-refractivity contribution in [2.24, 2.45) is 0 Å². The average Bonchev–Trinajstić information content (AvgIpc) is 3.50. The molecule has 0 atom stereocenters. The Balaban J connectivity index is 0.000000160. The minimum atomic E-state index is -0.416. The topological polar surface area (TPSA) is 43.2 Å². The van der Waals surface area contributed by atoms with Crippen LogP contribution in [-0.2, 0) is 16.3 Å². The van der Waals surface area contributed by atoms with Crippen molar-refractivity contribution in [3.05, 3.63) is 53.0 Å². The zero-order valence-corrected chi connectivity index (χ0v) is 14.4. The van der Waals surface area contributed by atoms with Crippen LogP contribution in [0.25, 0.3) is 0 Å². The largest absolute Gasteiger partial charge is 0.365 e. The van der Waals surface area contributed by atoms with Gasteiger partial charge in [0.05, 0.1) is 5.70 Å². The molecule has 0 spiro atoms. The molecule has 3 saturated heterocycles. The average molecular weight is 351 g/mol. The Labute approximate surface area is 153 Å². The van der Waals surface area contributed by atoms with E-state index in [0.717, 1.165) is 39.3 Å². The molecule has 0 unspecified atom stereocenters. The first-order valence-corrected chi connectivity index (χ1v) is 8.78. The van der Waals surface area contributed by atoms with Gasteiger partial charge in [-0.2, -0.15) is 0 Å². The van der Waals surface area contributed by atoms with Crippen LogP contribution in [0, 0.1) is 0 Å². The first kappa shape index (κ1) is 16.9. The second-order valence-electron chi connectivity index (χ2n) is 6.76. The predicted molar refractivity (Wildman–Crippen MR) is 96.5 cm³/mol. The molecule has 3 heterocycles. The molecule has 2 radical (unpaired) electrons. The molecule has 26 heavy (non-hydrogen) atoms. The molecule has 4 aliphatic rings. The van der Waals surface area contributed by atoms with Crippen LogP contribution < -0.4 is 5.46 Å². The van der Waals surface area contributed by atoms with Gasteiger partial charge in [-0.1, -0.05) is 29.7 Å². The van der Waals surface area contributed by atoms with E-state index in [4.69, 9.17) is 7.85 Å². The van der Waals surface area contributed by atoms with Crippen molar-refractivity contribution in [3.63, 3.8) is 0 Å². The van der Waals surface area contributed by atoms with Crippen molar-refractivity contribution in [2.45, 2.75) is 6.67 Å². The van der Waals surface area contributed by atoms with Crippen molar-refractivity contribution in [3.8, 4) is 0 Å². The van der Waals surface area contributed by atoms with Crippen molar-refractivity contribution < 1.29 is 14.0 Å². The number of carbonyl (C=O) groups excluding carboxylic acids is 2. The van der Waals surface area contributed by atoms with E-state index in [2.05, 4.69) is 0 Å². The summed E-state index contributed by atoms with van der Waals surface area (Å²) >= 11 is 0. The van der Waals surface area contributed by atoms with Gasteiger partial charge in [0, 0.05) is 45.3 Å². The minimum absolute atomic E-state index is 0.00546. The van der Waals surface area contributed by atoms with E-state index < -0.39 is 6.67 Å². The number of allylic oxidation sites excluding steroid dienone is 1. The number of benzene rings is 1. The Kier molecular flexibility index (Phi) is 4.30. The molecule has 0 aromatic heterocycles. The Morgan fingerprint density at radius 2 is 1.38 bits per heavy atom. The monoisotopic (exact) mass is 351 g/mol. The van der Waals surface area contributed by atoms with Gasteiger partial charge < -0.3 is 14.7 Å². The zero-order chi connectivity index (χ0) is 18.3. The minimum Gasteiger partial charge on any atom is -0.365 e. The van der Waals surface area contributed by atoms with Gasteiger partial charge in [-0.05, 0) is 5.56 Å². The van der Waals surface area contributed by atoms with Crippen molar-refractivity contribution in [1.29, 1.82) is 0 Å². The molecule has 1 aromatic rings. The Bertz CT molecular complexity index is 807. The molecule has 3 aliphatic heterocycles. The summed E-state index contributed by atoms with van der Waals surface area (Å²) in [5.74, 6) is 0.0485. The zero-order valence-electron chi connectivity index (χ0n) is 14.4. The van der Waals surface area contributed by atoms with Crippen LogP contribution in [0.2, 0.25) is 0 Å². The van der Waals surface area contributed by atoms with Crippen LogP contribution in [0.5, 0.6) is 0 Å². The van der Waals surface area contributed by atoms with E-state index in [1.807, 2.05) is 14.7 Å². The molecule has 132 valence electrons. The van der Waals surface area contributed by atoms with Crippen LogP contribution in [0.15, 0.2) is 47.4 Å². The SMILES string of the molecule is O=C1C=C(N2CC2)C(=O)C(N2CC2)=C1N1CC1.[B]c1ccc(CF)cc1. The van der Waals surface area contributed by atoms with Gasteiger partial charge in [0.15, 0.2) is 0 Å². The third-order valence-corrected chi connectivity index (χ3v) is 4.62. The number of nitrogens with zero attached hydrogens (tertiary/aromatic N) is 3. The first-order valence-electron chi connectivity index (χ1n) is 8.78. The normalized spacial score (nSPS) is 20.7. The van der Waals surface area contributed by atoms with Gasteiger partial charge in [0.25, 0.3) is 0 Å². The number of ketones is 2. The molecule has 3 fully saturated rings. The fraction of sp³-hybridized carbons (Fsp3) is 0.368. The van der Waals surface area contributed by atoms with E-state index >= 15 is 0 Å². The molecular weight excluding hydrogens is 332 g/mol. The number of Topliss-reactive ketones (excluding diaryl/α,β-unsaturated/α-hetero) is 1. The van der Waals surface area contributed by atoms with Crippen LogP contribution >= 0.6 is 0 Å². The Hall–Kier alpha value is -2.57. The summed E-state index contributed by atoms with van der Waals surface area (Å²) in [5.41, 5.74) is 3.23. The molecular formula is C19H19BFN3O2. The van der Waals surface area contributed by atoms with E-state index in [1.165, 1.54) is 6.08 Å². The lowest BCUT2D eigenvalue weighted by molar-refractivity contribution is -0.117. The lowest BCUT2D eigenvalue weighted by atomic mass is 9.96. The predicted octanol–water partition coefficient (Wildman–Crippen LogP) is 0.130. The highest BCUT2D eigenvalue weighted by Crippen LogP contribution is 2.33. The summed E-state index contributed by atoms with van der Waals surface area (Å²) < 4.78 is 11.8. The number of halogens is 1. The molecule has 0 bridgehead atoms. The second-order valence-corrected chi connectivity index (χ2v) is 6.76. The fourth-order valence-corrected chi connectivity index (χ4v) is 2.88.